The average Bonchev–Trinajstić information content (AvgIpc) is 3.87. The molecule has 4 aliphatic rings. The van der Waals surface area contributed by atoms with E-state index in [2.05, 4.69) is 21.3 Å². The lowest BCUT2D eigenvalue weighted by molar-refractivity contribution is -0.157. The van der Waals surface area contributed by atoms with Gasteiger partial charge in [0, 0.05) is 32.6 Å². The zero-order chi connectivity index (χ0) is 39.6. The molecule has 4 saturated heterocycles. The Balaban J connectivity index is 1.26. The molecule has 0 bridgehead atoms. The van der Waals surface area contributed by atoms with Crippen LogP contribution < -0.4 is 21.3 Å². The Hall–Kier alpha value is -5.02. The van der Waals surface area contributed by atoms with Crippen LogP contribution in [-0.4, -0.2) is 126 Å². The van der Waals surface area contributed by atoms with E-state index in [-0.39, 0.29) is 56.6 Å². The molecule has 0 saturated carbocycles. The first-order chi connectivity index (χ1) is 27.1. The average molecular weight is 774 g/mol. The molecule has 0 unspecified atom stereocenters. The van der Waals surface area contributed by atoms with E-state index in [4.69, 9.17) is 9.47 Å². The molecule has 2 aromatic rings. The summed E-state index contributed by atoms with van der Waals surface area (Å²) < 4.78 is 11.8. The topological polar surface area (TPSA) is 179 Å². The Labute approximate surface area is 328 Å². The highest BCUT2D eigenvalue weighted by Crippen LogP contribution is 2.27. The highest BCUT2D eigenvalue weighted by molar-refractivity contribution is 5.95. The molecule has 4 fully saturated rings. The summed E-state index contributed by atoms with van der Waals surface area (Å²) >= 11 is 0. The third kappa shape index (κ3) is 10.2. The molecule has 15 nitrogen and oxygen atoms in total. The summed E-state index contributed by atoms with van der Waals surface area (Å²) in [4.78, 5) is 88.3. The largest absolute Gasteiger partial charge is 0.461 e. The maximum atomic E-state index is 14.6. The third-order valence-electron chi connectivity index (χ3n) is 11.2. The number of rotatable bonds is 7. The van der Waals surface area contributed by atoms with Crippen molar-refractivity contribution in [1.29, 1.82) is 0 Å². The summed E-state index contributed by atoms with van der Waals surface area (Å²) in [5, 5.41) is 11.5. The molecule has 2 aromatic carbocycles. The van der Waals surface area contributed by atoms with Gasteiger partial charge in [0.05, 0.1) is 25.4 Å². The Bertz CT molecular complexity index is 1700. The van der Waals surface area contributed by atoms with E-state index in [1.165, 1.54) is 9.80 Å². The number of fused-ring (bicyclic) bond motifs is 3. The van der Waals surface area contributed by atoms with Gasteiger partial charge in [-0.15, -0.1) is 0 Å². The molecule has 4 heterocycles. The molecule has 7 atom stereocenters. The number of ether oxygens (including phenoxy) is 2. The predicted octanol–water partition coefficient (Wildman–Crippen LogP) is 1.70. The quantitative estimate of drug-likeness (QED) is 0.305. The van der Waals surface area contributed by atoms with Crippen molar-refractivity contribution in [1.82, 2.24) is 36.0 Å². The van der Waals surface area contributed by atoms with E-state index in [1.54, 1.807) is 11.8 Å². The Morgan fingerprint density at radius 3 is 2.27 bits per heavy atom. The van der Waals surface area contributed by atoms with Gasteiger partial charge in [0.25, 0.3) is 0 Å². The smallest absolute Gasteiger partial charge is 0.328 e. The maximum Gasteiger partial charge on any atom is 0.328 e. The van der Waals surface area contributed by atoms with Crippen molar-refractivity contribution in [2.45, 2.75) is 102 Å². The van der Waals surface area contributed by atoms with Gasteiger partial charge in [-0.25, -0.2) is 9.59 Å². The van der Waals surface area contributed by atoms with E-state index in [9.17, 15) is 28.8 Å². The molecule has 4 aliphatic heterocycles. The zero-order valence-corrected chi connectivity index (χ0v) is 32.3. The molecule has 302 valence electrons. The van der Waals surface area contributed by atoms with Crippen molar-refractivity contribution < 1.29 is 38.2 Å². The summed E-state index contributed by atoms with van der Waals surface area (Å²) in [5.41, 5.74) is 1.64. The van der Waals surface area contributed by atoms with Crippen LogP contribution in [0.1, 0.15) is 63.5 Å². The van der Waals surface area contributed by atoms with Crippen LogP contribution in [0.3, 0.4) is 0 Å². The van der Waals surface area contributed by atoms with Crippen LogP contribution in [0.2, 0.25) is 0 Å². The fraction of sp³-hybridized carbons (Fsp3) is 0.561. The van der Waals surface area contributed by atoms with Crippen LogP contribution in [0.5, 0.6) is 0 Å². The minimum Gasteiger partial charge on any atom is -0.461 e. The second-order valence-corrected chi connectivity index (χ2v) is 15.4. The van der Waals surface area contributed by atoms with Crippen LogP contribution >= 0.6 is 0 Å². The number of nitrogens with zero attached hydrogens (tertiary/aromatic N) is 3. The lowest BCUT2D eigenvalue weighted by atomic mass is 10.0. The van der Waals surface area contributed by atoms with Crippen LogP contribution in [-0.2, 0) is 46.4 Å². The number of esters is 1. The number of amides is 6. The Morgan fingerprint density at radius 1 is 0.804 bits per heavy atom. The SMILES string of the molecule is C[C@@H]1C[C@H]2C(=O)OC[C@H](NC(=O)[C@H](Cc3ccccc3)NC(=O)NCc3ccccc3)C(=O)N3CCC[C@H]3C(=O)N3CCCC[C@H]3COCN[C@@H](C)C(=O)N2C1. The molecule has 6 amide bonds. The van der Waals surface area contributed by atoms with E-state index >= 15 is 0 Å². The van der Waals surface area contributed by atoms with E-state index in [1.807, 2.05) is 67.6 Å². The first-order valence-electron chi connectivity index (χ1n) is 19.9. The minimum atomic E-state index is -1.38. The molecule has 0 spiro atoms. The van der Waals surface area contributed by atoms with Crippen LogP contribution in [0, 0.1) is 5.92 Å². The van der Waals surface area contributed by atoms with Crippen molar-refractivity contribution in [2.24, 2.45) is 5.92 Å². The van der Waals surface area contributed by atoms with Gasteiger partial charge in [0.15, 0.2) is 0 Å². The predicted molar refractivity (Wildman–Crippen MR) is 205 cm³/mol. The molecule has 15 heteroatoms. The van der Waals surface area contributed by atoms with Crippen LogP contribution in [0.25, 0.3) is 0 Å². The number of cyclic esters (lactones) is 1. The monoisotopic (exact) mass is 773 g/mol. The number of nitrogens with one attached hydrogen (secondary N) is 4. The molecule has 0 aromatic heterocycles. The molecular formula is C41H55N7O8. The van der Waals surface area contributed by atoms with E-state index < -0.39 is 60.6 Å². The Kier molecular flexibility index (Phi) is 13.9. The van der Waals surface area contributed by atoms with Gasteiger partial charge >= 0.3 is 12.0 Å². The van der Waals surface area contributed by atoms with Crippen LogP contribution in [0.4, 0.5) is 4.79 Å². The number of hydrogen-bond acceptors (Lipinski definition) is 9. The van der Waals surface area contributed by atoms with Gasteiger partial charge < -0.3 is 40.1 Å². The molecule has 6 rings (SSSR count). The number of hydrogen-bond donors (Lipinski definition) is 4. The second kappa shape index (κ2) is 19.2. The lowest BCUT2D eigenvalue weighted by Gasteiger charge is -2.39. The molecule has 4 N–H and O–H groups in total. The number of carbonyl (C=O) groups is 6. The number of benzene rings is 2. The zero-order valence-electron chi connectivity index (χ0n) is 32.3. The molecule has 0 radical (unpaired) electrons. The molecular weight excluding hydrogens is 718 g/mol. The second-order valence-electron chi connectivity index (χ2n) is 15.4. The van der Waals surface area contributed by atoms with Gasteiger partial charge in [0.2, 0.25) is 23.6 Å². The van der Waals surface area contributed by atoms with Crippen molar-refractivity contribution in [3.05, 3.63) is 71.8 Å². The summed E-state index contributed by atoms with van der Waals surface area (Å²) in [5.74, 6) is -2.36. The van der Waals surface area contributed by atoms with Crippen molar-refractivity contribution >= 4 is 35.6 Å². The van der Waals surface area contributed by atoms with Crippen molar-refractivity contribution in [2.75, 3.05) is 39.6 Å². The maximum absolute atomic E-state index is 14.6. The normalized spacial score (nSPS) is 27.2. The summed E-state index contributed by atoms with van der Waals surface area (Å²) in [6, 6.07) is 12.9. The van der Waals surface area contributed by atoms with Gasteiger partial charge in [-0.05, 0) is 62.5 Å². The molecule has 0 aliphatic carbocycles. The van der Waals surface area contributed by atoms with Gasteiger partial charge in [0.1, 0.15) is 30.8 Å². The minimum absolute atomic E-state index is 0.0256. The fourth-order valence-corrected chi connectivity index (χ4v) is 8.13. The van der Waals surface area contributed by atoms with E-state index in [0.29, 0.717) is 32.4 Å². The first kappa shape index (κ1) is 40.6. The highest BCUT2D eigenvalue weighted by Gasteiger charge is 2.44. The highest BCUT2D eigenvalue weighted by atomic mass is 16.5. The standard InChI is InChI=1S/C41H55N7O8/c1-27-20-35-40(53)56-25-33(44-36(49)32(21-29-12-5-3-6-13-29)45-41(54)42-22-30-14-7-4-8-15-30)38(51)47-19-11-17-34(47)39(52)46-18-10-9-16-31(46)24-55-26-43-28(2)37(50)48(35)23-27/h3-8,12-15,27-28,31-35,43H,9-11,16-26H2,1-2H3,(H,44,49)(H2,42,45,54)/t27-,28+,31+,32+,33+,34+,35+/m1/s1. The summed E-state index contributed by atoms with van der Waals surface area (Å²) in [7, 11) is 0. The summed E-state index contributed by atoms with van der Waals surface area (Å²) in [6.45, 7) is 4.89. The number of piperidine rings is 1. The number of urea groups is 1. The fourth-order valence-electron chi connectivity index (χ4n) is 8.13. The van der Waals surface area contributed by atoms with Gasteiger partial charge in [-0.1, -0.05) is 67.6 Å². The van der Waals surface area contributed by atoms with Crippen molar-refractivity contribution in [3.63, 3.8) is 0 Å². The Morgan fingerprint density at radius 2 is 1.52 bits per heavy atom. The van der Waals surface area contributed by atoms with Crippen LogP contribution in [0.15, 0.2) is 60.7 Å². The van der Waals surface area contributed by atoms with Gasteiger partial charge in [-0.3, -0.25) is 24.5 Å². The summed E-state index contributed by atoms with van der Waals surface area (Å²) in [6.07, 6.45) is 4.02. The number of carbonyl (C=O) groups excluding carboxylic acids is 6. The van der Waals surface area contributed by atoms with E-state index in [0.717, 1.165) is 30.4 Å². The lowest BCUT2D eigenvalue weighted by Crippen LogP contribution is -2.60. The third-order valence-corrected chi connectivity index (χ3v) is 11.2. The van der Waals surface area contributed by atoms with Gasteiger partial charge in [-0.2, -0.15) is 0 Å². The molecule has 56 heavy (non-hydrogen) atoms. The van der Waals surface area contributed by atoms with Crippen molar-refractivity contribution in [3.8, 4) is 0 Å². The first-order valence-corrected chi connectivity index (χ1v) is 19.9.